The lowest BCUT2D eigenvalue weighted by Crippen LogP contribution is -2.13. The van der Waals surface area contributed by atoms with E-state index in [9.17, 15) is 9.18 Å². The monoisotopic (exact) mass is 379 g/mol. The molecule has 1 amide bonds. The van der Waals surface area contributed by atoms with E-state index < -0.39 is 11.7 Å². The number of nitrogens with zero attached hydrogens (tertiary/aromatic N) is 2. The molecule has 0 bridgehead atoms. The van der Waals surface area contributed by atoms with Crippen LogP contribution in [0.4, 0.5) is 10.1 Å². The molecule has 140 valence electrons. The number of halogens is 1. The van der Waals surface area contributed by atoms with E-state index in [0.29, 0.717) is 22.8 Å². The van der Waals surface area contributed by atoms with E-state index in [1.54, 1.807) is 36.4 Å². The highest BCUT2D eigenvalue weighted by atomic mass is 19.1. The molecular formula is C20H14FN3O4. The zero-order chi connectivity index (χ0) is 19.5. The molecule has 0 spiro atoms. The molecule has 0 saturated heterocycles. The predicted molar refractivity (Wildman–Crippen MR) is 98.3 cm³/mol. The first kappa shape index (κ1) is 17.5. The van der Waals surface area contributed by atoms with Gasteiger partial charge in [-0.2, -0.15) is 0 Å². The van der Waals surface area contributed by atoms with Gasteiger partial charge in [-0.1, -0.05) is 12.1 Å². The first-order chi connectivity index (χ1) is 13.6. The first-order valence-corrected chi connectivity index (χ1v) is 8.27. The number of hydrogen-bond acceptors (Lipinski definition) is 6. The molecule has 7 nitrogen and oxygen atoms in total. The van der Waals surface area contributed by atoms with E-state index in [2.05, 4.69) is 15.5 Å². The fourth-order valence-electron chi connectivity index (χ4n) is 2.60. The molecule has 28 heavy (non-hydrogen) atoms. The minimum absolute atomic E-state index is 0.0650. The van der Waals surface area contributed by atoms with Crippen molar-refractivity contribution < 1.29 is 22.8 Å². The van der Waals surface area contributed by atoms with E-state index in [-0.39, 0.29) is 17.3 Å². The zero-order valence-electron chi connectivity index (χ0n) is 14.7. The Labute approximate surface area is 158 Å². The maximum absolute atomic E-state index is 13.8. The van der Waals surface area contributed by atoms with Gasteiger partial charge in [-0.05, 0) is 36.4 Å². The quantitative estimate of drug-likeness (QED) is 0.553. The molecule has 0 unspecified atom stereocenters. The predicted octanol–water partition coefficient (Wildman–Crippen LogP) is 4.40. The van der Waals surface area contributed by atoms with Crippen LogP contribution in [0.25, 0.3) is 23.1 Å². The first-order valence-electron chi connectivity index (χ1n) is 8.27. The molecule has 4 aromatic rings. The molecular weight excluding hydrogens is 365 g/mol. The highest BCUT2D eigenvalue weighted by Gasteiger charge is 2.16. The van der Waals surface area contributed by atoms with Crippen molar-refractivity contribution in [3.63, 3.8) is 0 Å². The summed E-state index contributed by atoms with van der Waals surface area (Å²) in [4.78, 5) is 12.4. The molecule has 0 radical (unpaired) electrons. The van der Waals surface area contributed by atoms with Gasteiger partial charge in [0.25, 0.3) is 11.8 Å². The van der Waals surface area contributed by atoms with E-state index in [1.807, 2.05) is 0 Å². The molecule has 2 heterocycles. The number of aromatic nitrogens is 2. The number of rotatable bonds is 5. The smallest absolute Gasteiger partial charge is 0.283 e. The number of amides is 1. The summed E-state index contributed by atoms with van der Waals surface area (Å²) < 4.78 is 30.0. The number of ether oxygens (including phenoxy) is 1. The molecule has 2 aromatic heterocycles. The maximum atomic E-state index is 13.8. The Hall–Kier alpha value is -3.94. The lowest BCUT2D eigenvalue weighted by Gasteiger charge is -2.09. The fraction of sp³-hybridized carbons (Fsp3) is 0.0500. The third kappa shape index (κ3) is 3.48. The summed E-state index contributed by atoms with van der Waals surface area (Å²) in [7, 11) is 1.49. The second-order valence-corrected chi connectivity index (χ2v) is 5.77. The number of methoxy groups -OCH3 is 1. The fourth-order valence-corrected chi connectivity index (χ4v) is 2.60. The number of anilines is 1. The van der Waals surface area contributed by atoms with Crippen LogP contribution in [0.1, 0.15) is 10.4 Å². The maximum Gasteiger partial charge on any atom is 0.283 e. The van der Waals surface area contributed by atoms with Gasteiger partial charge in [-0.3, -0.25) is 4.79 Å². The minimum atomic E-state index is -0.608. The van der Waals surface area contributed by atoms with Gasteiger partial charge in [0.1, 0.15) is 11.6 Å². The number of benzene rings is 2. The van der Waals surface area contributed by atoms with Gasteiger partial charge in [0, 0.05) is 17.3 Å². The molecule has 0 atom stereocenters. The molecule has 0 aliphatic rings. The van der Waals surface area contributed by atoms with Gasteiger partial charge in [0.2, 0.25) is 5.89 Å². The van der Waals surface area contributed by atoms with Gasteiger partial charge < -0.3 is 18.9 Å². The lowest BCUT2D eigenvalue weighted by molar-refractivity contribution is 0.102. The Morgan fingerprint density at radius 3 is 2.64 bits per heavy atom. The summed E-state index contributed by atoms with van der Waals surface area (Å²) in [5.41, 5.74) is 0.846. The lowest BCUT2D eigenvalue weighted by atomic mass is 10.1. The SMILES string of the molecule is COc1cc(NC(=O)c2ccccc2F)cc(-c2nnc(-c3ccco3)o2)c1. The number of nitrogens with one attached hydrogen (secondary N) is 1. The third-order valence-electron chi connectivity index (χ3n) is 3.92. The van der Waals surface area contributed by atoms with Crippen LogP contribution >= 0.6 is 0 Å². The third-order valence-corrected chi connectivity index (χ3v) is 3.92. The average molecular weight is 379 g/mol. The van der Waals surface area contributed by atoms with Crippen molar-refractivity contribution in [1.29, 1.82) is 0 Å². The van der Waals surface area contributed by atoms with Crippen LogP contribution in [-0.4, -0.2) is 23.2 Å². The van der Waals surface area contributed by atoms with Crippen molar-refractivity contribution in [2.75, 3.05) is 12.4 Å². The summed E-state index contributed by atoms with van der Waals surface area (Å²) >= 11 is 0. The van der Waals surface area contributed by atoms with Crippen LogP contribution in [0.3, 0.4) is 0 Å². The summed E-state index contributed by atoms with van der Waals surface area (Å²) in [6.07, 6.45) is 1.50. The molecule has 0 fully saturated rings. The highest BCUT2D eigenvalue weighted by Crippen LogP contribution is 2.30. The number of carbonyl (C=O) groups excluding carboxylic acids is 1. The van der Waals surface area contributed by atoms with E-state index >= 15 is 0 Å². The van der Waals surface area contributed by atoms with Crippen molar-refractivity contribution >= 4 is 11.6 Å². The van der Waals surface area contributed by atoms with Crippen molar-refractivity contribution in [3.8, 4) is 28.9 Å². The van der Waals surface area contributed by atoms with Crippen LogP contribution in [0.15, 0.2) is 69.7 Å². The summed E-state index contributed by atoms with van der Waals surface area (Å²) in [6.45, 7) is 0. The van der Waals surface area contributed by atoms with E-state index in [4.69, 9.17) is 13.6 Å². The van der Waals surface area contributed by atoms with Gasteiger partial charge >= 0.3 is 0 Å². The molecule has 2 aromatic carbocycles. The average Bonchev–Trinajstić information content (AvgIpc) is 3.39. The van der Waals surface area contributed by atoms with Gasteiger partial charge in [-0.15, -0.1) is 10.2 Å². The van der Waals surface area contributed by atoms with Crippen molar-refractivity contribution in [1.82, 2.24) is 10.2 Å². The molecule has 0 aliphatic carbocycles. The Bertz CT molecular complexity index is 1120. The molecule has 4 rings (SSSR count). The van der Waals surface area contributed by atoms with Crippen molar-refractivity contribution in [2.24, 2.45) is 0 Å². The van der Waals surface area contributed by atoms with Gasteiger partial charge in [0.15, 0.2) is 5.76 Å². The largest absolute Gasteiger partial charge is 0.497 e. The Morgan fingerprint density at radius 2 is 1.89 bits per heavy atom. The Morgan fingerprint density at radius 1 is 1.07 bits per heavy atom. The zero-order valence-corrected chi connectivity index (χ0v) is 14.7. The topological polar surface area (TPSA) is 90.4 Å². The number of carbonyl (C=O) groups is 1. The second kappa shape index (κ2) is 7.36. The van der Waals surface area contributed by atoms with Crippen LogP contribution in [0.5, 0.6) is 5.75 Å². The molecule has 0 aliphatic heterocycles. The second-order valence-electron chi connectivity index (χ2n) is 5.77. The van der Waals surface area contributed by atoms with Crippen LogP contribution in [-0.2, 0) is 0 Å². The summed E-state index contributed by atoms with van der Waals surface area (Å²) in [6, 6.07) is 14.0. The molecule has 1 N–H and O–H groups in total. The standard InChI is InChI=1S/C20H14FN3O4/c1-26-14-10-12(19-23-24-20(28-19)17-7-4-8-27-17)9-13(11-14)22-18(25)15-5-2-3-6-16(15)21/h2-11H,1H3,(H,22,25). The van der Waals surface area contributed by atoms with Crippen molar-refractivity contribution in [2.45, 2.75) is 0 Å². The van der Waals surface area contributed by atoms with E-state index in [0.717, 1.165) is 0 Å². The van der Waals surface area contributed by atoms with Gasteiger partial charge in [0.05, 0.1) is 18.9 Å². The molecule has 8 heteroatoms. The summed E-state index contributed by atoms with van der Waals surface area (Å²) in [5.74, 6) is 0.141. The van der Waals surface area contributed by atoms with Gasteiger partial charge in [-0.25, -0.2) is 4.39 Å². The van der Waals surface area contributed by atoms with Crippen LogP contribution in [0.2, 0.25) is 0 Å². The molecule has 0 saturated carbocycles. The van der Waals surface area contributed by atoms with Crippen LogP contribution < -0.4 is 10.1 Å². The Balaban J connectivity index is 1.65. The number of hydrogen-bond donors (Lipinski definition) is 1. The van der Waals surface area contributed by atoms with E-state index in [1.165, 1.54) is 31.6 Å². The normalized spacial score (nSPS) is 10.6. The minimum Gasteiger partial charge on any atom is -0.497 e. The van der Waals surface area contributed by atoms with Crippen LogP contribution in [0, 0.1) is 5.82 Å². The number of furan rings is 1. The summed E-state index contributed by atoms with van der Waals surface area (Å²) in [5, 5.41) is 10.6. The Kier molecular flexibility index (Phi) is 4.59. The van der Waals surface area contributed by atoms with Crippen molar-refractivity contribution in [3.05, 3.63) is 72.2 Å². The highest BCUT2D eigenvalue weighted by molar-refractivity contribution is 6.04.